The van der Waals surface area contributed by atoms with Crippen molar-refractivity contribution in [1.29, 1.82) is 0 Å². The van der Waals surface area contributed by atoms with Gasteiger partial charge in [0.05, 0.1) is 4.47 Å². The molecule has 2 nitrogen and oxygen atoms in total. The number of halogens is 2. The molecular formula is C10H11BrClNO. The quantitative estimate of drug-likeness (QED) is 0.916. The van der Waals surface area contributed by atoms with Crippen LogP contribution in [-0.4, -0.2) is 19.2 Å². The lowest BCUT2D eigenvalue weighted by Crippen LogP contribution is -2.46. The molecule has 0 saturated carbocycles. The highest BCUT2D eigenvalue weighted by atomic mass is 79.9. The van der Waals surface area contributed by atoms with E-state index in [1.54, 1.807) is 0 Å². The van der Waals surface area contributed by atoms with E-state index in [1.807, 2.05) is 18.2 Å². The highest BCUT2D eigenvalue weighted by molar-refractivity contribution is 9.10. The average Bonchev–Trinajstić information content (AvgIpc) is 2.05. The first-order valence-corrected chi connectivity index (χ1v) is 5.74. The lowest BCUT2D eigenvalue weighted by molar-refractivity contribution is 0.216. The molecule has 1 atom stereocenters. The van der Waals surface area contributed by atoms with Crippen molar-refractivity contribution in [3.63, 3.8) is 0 Å². The van der Waals surface area contributed by atoms with Gasteiger partial charge in [-0.2, -0.15) is 0 Å². The summed E-state index contributed by atoms with van der Waals surface area (Å²) in [6.45, 7) is 1.83. The van der Waals surface area contributed by atoms with Gasteiger partial charge in [0.15, 0.2) is 0 Å². The van der Waals surface area contributed by atoms with E-state index < -0.39 is 0 Å². The van der Waals surface area contributed by atoms with Crippen LogP contribution in [-0.2, 0) is 0 Å². The minimum atomic E-state index is 0.512. The molecule has 2 rings (SSSR count). The van der Waals surface area contributed by atoms with Crippen molar-refractivity contribution >= 4 is 27.5 Å². The van der Waals surface area contributed by atoms with Crippen LogP contribution in [0.25, 0.3) is 0 Å². The third-order valence-corrected chi connectivity index (χ3v) is 3.11. The zero-order valence-corrected chi connectivity index (χ0v) is 9.94. The Labute approximate surface area is 96.7 Å². The van der Waals surface area contributed by atoms with Gasteiger partial charge in [0, 0.05) is 11.1 Å². The van der Waals surface area contributed by atoms with Gasteiger partial charge in [0.1, 0.15) is 12.4 Å². The molecule has 1 heterocycles. The van der Waals surface area contributed by atoms with Gasteiger partial charge in [-0.25, -0.2) is 0 Å². The highest BCUT2D eigenvalue weighted by Gasteiger charge is 2.17. The van der Waals surface area contributed by atoms with Gasteiger partial charge in [-0.3, -0.25) is 0 Å². The predicted molar refractivity (Wildman–Crippen MR) is 61.1 cm³/mol. The molecule has 1 saturated heterocycles. The predicted octanol–water partition coefficient (Wildman–Crippen LogP) is 2.84. The molecule has 0 aromatic heterocycles. The van der Waals surface area contributed by atoms with E-state index in [9.17, 15) is 0 Å². The maximum absolute atomic E-state index is 5.82. The van der Waals surface area contributed by atoms with Crippen molar-refractivity contribution in [2.24, 2.45) is 0 Å². The molecule has 1 unspecified atom stereocenters. The summed E-state index contributed by atoms with van der Waals surface area (Å²) < 4.78 is 6.53. The van der Waals surface area contributed by atoms with Crippen LogP contribution < -0.4 is 10.1 Å². The minimum Gasteiger partial charge on any atom is -0.491 e. The molecule has 14 heavy (non-hydrogen) atoms. The summed E-state index contributed by atoms with van der Waals surface area (Å²) in [5.74, 6) is 0.850. The first-order valence-electron chi connectivity index (χ1n) is 4.57. The fraction of sp³-hybridized carbons (Fsp3) is 0.400. The monoisotopic (exact) mass is 275 g/mol. The third kappa shape index (κ3) is 2.41. The SMILES string of the molecule is Clc1ccc(OCC2CCN2)c(Br)c1. The number of hydrogen-bond donors (Lipinski definition) is 1. The molecule has 1 aromatic rings. The van der Waals surface area contributed by atoms with E-state index in [4.69, 9.17) is 16.3 Å². The highest BCUT2D eigenvalue weighted by Crippen LogP contribution is 2.28. The van der Waals surface area contributed by atoms with Crippen molar-refractivity contribution in [2.45, 2.75) is 12.5 Å². The molecule has 0 amide bonds. The van der Waals surface area contributed by atoms with Crippen LogP contribution in [0, 0.1) is 0 Å². The van der Waals surface area contributed by atoms with E-state index in [-0.39, 0.29) is 0 Å². The Balaban J connectivity index is 1.94. The zero-order valence-electron chi connectivity index (χ0n) is 7.59. The molecular weight excluding hydrogens is 265 g/mol. The van der Waals surface area contributed by atoms with E-state index >= 15 is 0 Å². The van der Waals surface area contributed by atoms with Crippen molar-refractivity contribution in [2.75, 3.05) is 13.2 Å². The molecule has 4 heteroatoms. The molecule has 76 valence electrons. The Kier molecular flexibility index (Phi) is 3.31. The summed E-state index contributed by atoms with van der Waals surface area (Å²) in [4.78, 5) is 0. The molecule has 1 aliphatic rings. The standard InChI is InChI=1S/C10H11BrClNO/c11-9-5-7(12)1-2-10(9)14-6-8-3-4-13-8/h1-2,5,8,13H,3-4,6H2. The van der Waals surface area contributed by atoms with E-state index in [2.05, 4.69) is 21.2 Å². The molecule has 1 N–H and O–H groups in total. The van der Waals surface area contributed by atoms with Crippen LogP contribution >= 0.6 is 27.5 Å². The smallest absolute Gasteiger partial charge is 0.133 e. The van der Waals surface area contributed by atoms with Gasteiger partial charge in [-0.1, -0.05) is 11.6 Å². The van der Waals surface area contributed by atoms with Gasteiger partial charge in [0.2, 0.25) is 0 Å². The summed E-state index contributed by atoms with van der Waals surface area (Å²) in [5.41, 5.74) is 0. The normalized spacial score (nSPS) is 20.3. The van der Waals surface area contributed by atoms with E-state index in [0.717, 1.165) is 23.4 Å². The van der Waals surface area contributed by atoms with Gasteiger partial charge >= 0.3 is 0 Å². The van der Waals surface area contributed by atoms with Crippen molar-refractivity contribution < 1.29 is 4.74 Å². The minimum absolute atomic E-state index is 0.512. The third-order valence-electron chi connectivity index (χ3n) is 2.26. The number of hydrogen-bond acceptors (Lipinski definition) is 2. The largest absolute Gasteiger partial charge is 0.491 e. The summed E-state index contributed by atoms with van der Waals surface area (Å²) >= 11 is 9.23. The number of nitrogens with one attached hydrogen (secondary N) is 1. The first-order chi connectivity index (χ1) is 6.75. The van der Waals surface area contributed by atoms with Crippen LogP contribution in [0.1, 0.15) is 6.42 Å². The van der Waals surface area contributed by atoms with Gasteiger partial charge in [-0.15, -0.1) is 0 Å². The lowest BCUT2D eigenvalue weighted by atomic mass is 10.1. The van der Waals surface area contributed by atoms with Crippen molar-refractivity contribution in [3.8, 4) is 5.75 Å². The molecule has 0 aliphatic carbocycles. The Morgan fingerprint density at radius 2 is 2.36 bits per heavy atom. The van der Waals surface area contributed by atoms with Crippen LogP contribution in [0.15, 0.2) is 22.7 Å². The lowest BCUT2D eigenvalue weighted by Gasteiger charge is -2.27. The van der Waals surface area contributed by atoms with Crippen LogP contribution in [0.3, 0.4) is 0 Å². The Morgan fingerprint density at radius 3 is 2.93 bits per heavy atom. The van der Waals surface area contributed by atoms with Gasteiger partial charge < -0.3 is 10.1 Å². The second kappa shape index (κ2) is 4.51. The summed E-state index contributed by atoms with van der Waals surface area (Å²) in [6, 6.07) is 6.06. The Bertz CT molecular complexity index is 328. The summed E-state index contributed by atoms with van der Waals surface area (Å²) in [5, 5.41) is 3.99. The topological polar surface area (TPSA) is 21.3 Å². The van der Waals surface area contributed by atoms with E-state index in [0.29, 0.717) is 11.1 Å². The summed E-state index contributed by atoms with van der Waals surface area (Å²) in [7, 11) is 0. The average molecular weight is 277 g/mol. The zero-order chi connectivity index (χ0) is 9.97. The number of benzene rings is 1. The van der Waals surface area contributed by atoms with Gasteiger partial charge in [-0.05, 0) is 47.1 Å². The van der Waals surface area contributed by atoms with Crippen LogP contribution in [0.5, 0.6) is 5.75 Å². The second-order valence-electron chi connectivity index (χ2n) is 3.33. The maximum atomic E-state index is 5.82. The Hall–Kier alpha value is -0.250. The molecule has 1 aromatic carbocycles. The molecule has 0 spiro atoms. The summed E-state index contributed by atoms with van der Waals surface area (Å²) in [6.07, 6.45) is 1.20. The molecule has 1 aliphatic heterocycles. The number of ether oxygens (including phenoxy) is 1. The fourth-order valence-electron chi connectivity index (χ4n) is 1.27. The van der Waals surface area contributed by atoms with Crippen LogP contribution in [0.4, 0.5) is 0 Å². The Morgan fingerprint density at radius 1 is 1.57 bits per heavy atom. The fourth-order valence-corrected chi connectivity index (χ4v) is 2.07. The molecule has 1 fully saturated rings. The van der Waals surface area contributed by atoms with Crippen molar-refractivity contribution in [3.05, 3.63) is 27.7 Å². The first kappa shape index (κ1) is 10.3. The second-order valence-corrected chi connectivity index (χ2v) is 4.62. The van der Waals surface area contributed by atoms with E-state index in [1.165, 1.54) is 6.42 Å². The van der Waals surface area contributed by atoms with Gasteiger partial charge in [0.25, 0.3) is 0 Å². The molecule has 0 bridgehead atoms. The molecule has 0 radical (unpaired) electrons. The number of rotatable bonds is 3. The van der Waals surface area contributed by atoms with Crippen molar-refractivity contribution in [1.82, 2.24) is 5.32 Å². The van der Waals surface area contributed by atoms with Crippen LogP contribution in [0.2, 0.25) is 5.02 Å². The maximum Gasteiger partial charge on any atom is 0.133 e.